The van der Waals surface area contributed by atoms with E-state index in [1.807, 2.05) is 6.92 Å². The Morgan fingerprint density at radius 2 is 1.81 bits per heavy atom. The van der Waals surface area contributed by atoms with Crippen molar-refractivity contribution in [2.45, 2.75) is 26.1 Å². The van der Waals surface area contributed by atoms with E-state index in [-0.39, 0.29) is 5.38 Å². The van der Waals surface area contributed by atoms with Gasteiger partial charge in [0.2, 0.25) is 5.89 Å². The number of hydrogen-bond acceptors (Lipinski definition) is 2. The van der Waals surface area contributed by atoms with E-state index in [0.717, 1.165) is 11.3 Å². The predicted octanol–water partition coefficient (Wildman–Crippen LogP) is 4.26. The monoisotopic (exact) mass is 235 g/mol. The predicted molar refractivity (Wildman–Crippen MR) is 65.7 cm³/mol. The summed E-state index contributed by atoms with van der Waals surface area (Å²) >= 11 is 5.91. The van der Waals surface area contributed by atoms with Gasteiger partial charge in [-0.1, -0.05) is 17.2 Å². The molecular weight excluding hydrogens is 222 g/mol. The Morgan fingerprint density at radius 3 is 2.31 bits per heavy atom. The molecular formula is C13H14ClNO. The van der Waals surface area contributed by atoms with E-state index in [1.165, 1.54) is 11.1 Å². The van der Waals surface area contributed by atoms with E-state index < -0.39 is 0 Å². The average Bonchev–Trinajstić information content (AvgIpc) is 2.64. The Bertz CT molecular complexity index is 482. The molecule has 0 spiro atoms. The van der Waals surface area contributed by atoms with Gasteiger partial charge in [-0.2, -0.15) is 0 Å². The summed E-state index contributed by atoms with van der Waals surface area (Å²) in [4.78, 5) is 4.15. The molecule has 0 bridgehead atoms. The summed E-state index contributed by atoms with van der Waals surface area (Å²) in [5, 5.41) is -0.195. The third-order valence-corrected chi connectivity index (χ3v) is 2.56. The lowest BCUT2D eigenvalue weighted by atomic mass is 10.1. The molecule has 3 heteroatoms. The van der Waals surface area contributed by atoms with Crippen LogP contribution < -0.4 is 0 Å². The molecule has 84 valence electrons. The van der Waals surface area contributed by atoms with Crippen LogP contribution in [0.25, 0.3) is 11.3 Å². The van der Waals surface area contributed by atoms with Crippen LogP contribution in [0.15, 0.2) is 28.8 Å². The van der Waals surface area contributed by atoms with Crippen molar-refractivity contribution in [1.29, 1.82) is 0 Å². The highest BCUT2D eigenvalue weighted by molar-refractivity contribution is 6.20. The summed E-state index contributed by atoms with van der Waals surface area (Å²) in [6.07, 6.45) is 1.72. The molecule has 1 aromatic carbocycles. The molecule has 0 N–H and O–H groups in total. The van der Waals surface area contributed by atoms with Crippen LogP contribution in [-0.4, -0.2) is 4.98 Å². The summed E-state index contributed by atoms with van der Waals surface area (Å²) in [6.45, 7) is 5.98. The molecule has 0 amide bonds. The minimum atomic E-state index is -0.195. The highest BCUT2D eigenvalue weighted by atomic mass is 35.5. The lowest BCUT2D eigenvalue weighted by Gasteiger charge is -2.01. The molecule has 2 aromatic rings. The maximum absolute atomic E-state index is 5.91. The van der Waals surface area contributed by atoms with Crippen molar-refractivity contribution in [1.82, 2.24) is 4.98 Å². The second-order valence-electron chi connectivity index (χ2n) is 4.06. The van der Waals surface area contributed by atoms with Crippen LogP contribution in [0.3, 0.4) is 0 Å². The smallest absolute Gasteiger partial charge is 0.212 e. The van der Waals surface area contributed by atoms with Crippen molar-refractivity contribution in [2.24, 2.45) is 0 Å². The first kappa shape index (κ1) is 11.2. The van der Waals surface area contributed by atoms with Crippen molar-refractivity contribution in [3.05, 3.63) is 41.4 Å². The van der Waals surface area contributed by atoms with Crippen LogP contribution >= 0.6 is 11.6 Å². The van der Waals surface area contributed by atoms with E-state index in [0.29, 0.717) is 5.89 Å². The van der Waals surface area contributed by atoms with Crippen LogP contribution in [0.2, 0.25) is 0 Å². The first-order valence-corrected chi connectivity index (χ1v) is 5.68. The molecule has 1 aromatic heterocycles. The van der Waals surface area contributed by atoms with E-state index in [9.17, 15) is 0 Å². The highest BCUT2D eigenvalue weighted by Gasteiger charge is 2.10. The number of aryl methyl sites for hydroxylation is 2. The van der Waals surface area contributed by atoms with Crippen LogP contribution in [0.5, 0.6) is 0 Å². The molecule has 0 saturated carbocycles. The van der Waals surface area contributed by atoms with Crippen molar-refractivity contribution < 1.29 is 4.42 Å². The van der Waals surface area contributed by atoms with Crippen molar-refractivity contribution in [3.8, 4) is 11.3 Å². The Balaban J connectivity index is 2.42. The molecule has 0 fully saturated rings. The average molecular weight is 236 g/mol. The summed E-state index contributed by atoms with van der Waals surface area (Å²) in [5.41, 5.74) is 3.48. The second-order valence-corrected chi connectivity index (χ2v) is 4.71. The van der Waals surface area contributed by atoms with E-state index in [2.05, 4.69) is 37.0 Å². The minimum absolute atomic E-state index is 0.195. The maximum Gasteiger partial charge on any atom is 0.212 e. The number of oxazole rings is 1. The zero-order chi connectivity index (χ0) is 11.7. The van der Waals surface area contributed by atoms with Gasteiger partial charge in [-0.15, -0.1) is 11.6 Å². The fourth-order valence-corrected chi connectivity index (χ4v) is 1.82. The van der Waals surface area contributed by atoms with Crippen LogP contribution in [-0.2, 0) is 0 Å². The van der Waals surface area contributed by atoms with Gasteiger partial charge >= 0.3 is 0 Å². The Kier molecular flexibility index (Phi) is 3.01. The highest BCUT2D eigenvalue weighted by Crippen LogP contribution is 2.26. The third kappa shape index (κ3) is 2.27. The fourth-order valence-electron chi connectivity index (χ4n) is 1.72. The number of benzene rings is 1. The summed E-state index contributed by atoms with van der Waals surface area (Å²) in [7, 11) is 0. The molecule has 0 aliphatic rings. The zero-order valence-corrected chi connectivity index (χ0v) is 10.4. The molecule has 1 unspecified atom stereocenters. The van der Waals surface area contributed by atoms with E-state index in [1.54, 1.807) is 6.20 Å². The lowest BCUT2D eigenvalue weighted by molar-refractivity contribution is 0.508. The lowest BCUT2D eigenvalue weighted by Crippen LogP contribution is -1.82. The Hall–Kier alpha value is -1.28. The van der Waals surface area contributed by atoms with Gasteiger partial charge in [-0.3, -0.25) is 0 Å². The van der Waals surface area contributed by atoms with E-state index in [4.69, 9.17) is 16.0 Å². The first-order valence-electron chi connectivity index (χ1n) is 5.25. The number of rotatable bonds is 2. The number of halogens is 1. The van der Waals surface area contributed by atoms with Crippen molar-refractivity contribution in [2.75, 3.05) is 0 Å². The molecule has 16 heavy (non-hydrogen) atoms. The zero-order valence-electron chi connectivity index (χ0n) is 9.62. The van der Waals surface area contributed by atoms with Crippen LogP contribution in [0, 0.1) is 13.8 Å². The second kappa shape index (κ2) is 4.30. The molecule has 1 atom stereocenters. The quantitative estimate of drug-likeness (QED) is 0.727. The normalized spacial score (nSPS) is 12.8. The maximum atomic E-state index is 5.91. The van der Waals surface area contributed by atoms with Gasteiger partial charge < -0.3 is 4.42 Å². The first-order chi connectivity index (χ1) is 7.56. The number of aromatic nitrogens is 1. The SMILES string of the molecule is Cc1cc(C)cc(-c2cnc(C(C)Cl)o2)c1. The van der Waals surface area contributed by atoms with Gasteiger partial charge in [0, 0.05) is 5.56 Å². The summed E-state index contributed by atoms with van der Waals surface area (Å²) in [6, 6.07) is 6.29. The van der Waals surface area contributed by atoms with Gasteiger partial charge in [-0.05, 0) is 32.9 Å². The topological polar surface area (TPSA) is 26.0 Å². The standard InChI is InChI=1S/C13H14ClNO/c1-8-4-9(2)6-11(5-8)12-7-15-13(16-12)10(3)14/h4-7,10H,1-3H3. The molecule has 0 radical (unpaired) electrons. The molecule has 0 aliphatic carbocycles. The van der Waals surface area contributed by atoms with E-state index >= 15 is 0 Å². The summed E-state index contributed by atoms with van der Waals surface area (Å²) in [5.74, 6) is 1.34. The van der Waals surface area contributed by atoms with Gasteiger partial charge in [0.15, 0.2) is 5.76 Å². The third-order valence-electron chi connectivity index (χ3n) is 2.37. The number of alkyl halides is 1. The van der Waals surface area contributed by atoms with Crippen molar-refractivity contribution >= 4 is 11.6 Å². The minimum Gasteiger partial charge on any atom is -0.439 e. The van der Waals surface area contributed by atoms with Crippen LogP contribution in [0.1, 0.15) is 29.3 Å². The summed E-state index contributed by atoms with van der Waals surface area (Å²) < 4.78 is 5.60. The van der Waals surface area contributed by atoms with Gasteiger partial charge in [0.1, 0.15) is 5.38 Å². The fraction of sp³-hybridized carbons (Fsp3) is 0.308. The van der Waals surface area contributed by atoms with Gasteiger partial charge in [-0.25, -0.2) is 4.98 Å². The molecule has 0 saturated heterocycles. The molecule has 0 aliphatic heterocycles. The van der Waals surface area contributed by atoms with Gasteiger partial charge in [0.05, 0.1) is 6.20 Å². The van der Waals surface area contributed by atoms with Crippen molar-refractivity contribution in [3.63, 3.8) is 0 Å². The largest absolute Gasteiger partial charge is 0.439 e. The van der Waals surface area contributed by atoms with Crippen LogP contribution in [0.4, 0.5) is 0 Å². The Labute approximate surface area is 100 Å². The molecule has 1 heterocycles. The van der Waals surface area contributed by atoms with Gasteiger partial charge in [0.25, 0.3) is 0 Å². The molecule has 2 rings (SSSR count). The number of nitrogens with zero attached hydrogens (tertiary/aromatic N) is 1. The molecule has 2 nitrogen and oxygen atoms in total. The Morgan fingerprint density at radius 1 is 1.19 bits per heavy atom. The number of hydrogen-bond donors (Lipinski definition) is 0.